The molecule has 1 aliphatic heterocycles. The van der Waals surface area contributed by atoms with Gasteiger partial charge >= 0.3 is 0 Å². The predicted molar refractivity (Wildman–Crippen MR) is 56.8 cm³/mol. The van der Waals surface area contributed by atoms with Crippen LogP contribution in [-0.4, -0.2) is 24.0 Å². The first-order chi connectivity index (χ1) is 6.25. The third-order valence-corrected chi connectivity index (χ3v) is 3.99. The van der Waals surface area contributed by atoms with Crippen molar-refractivity contribution in [1.29, 1.82) is 0 Å². The largest absolute Gasteiger partial charge is 0.300 e. The Morgan fingerprint density at radius 3 is 2.46 bits per heavy atom. The second-order valence-corrected chi connectivity index (χ2v) is 5.27. The maximum Gasteiger partial charge on any atom is 0.00695 e. The van der Waals surface area contributed by atoms with Gasteiger partial charge in [-0.2, -0.15) is 0 Å². The molecule has 2 atom stereocenters. The van der Waals surface area contributed by atoms with Crippen LogP contribution in [0.1, 0.15) is 46.0 Å². The number of rotatable bonds is 2. The highest BCUT2D eigenvalue weighted by Gasteiger charge is 2.27. The Morgan fingerprint density at radius 2 is 1.92 bits per heavy atom. The number of likely N-dealkylation sites (tertiary alicyclic amines) is 1. The third kappa shape index (κ3) is 2.25. The molecule has 13 heavy (non-hydrogen) atoms. The molecule has 0 amide bonds. The molecule has 1 aliphatic carbocycles. The molecule has 0 aromatic heterocycles. The quantitative estimate of drug-likeness (QED) is 0.633. The molecule has 0 unspecified atom stereocenters. The third-order valence-electron chi connectivity index (χ3n) is 3.99. The van der Waals surface area contributed by atoms with Crippen LogP contribution < -0.4 is 0 Å². The van der Waals surface area contributed by atoms with Crippen molar-refractivity contribution < 1.29 is 0 Å². The minimum Gasteiger partial charge on any atom is -0.300 e. The highest BCUT2D eigenvalue weighted by Crippen LogP contribution is 2.30. The Hall–Kier alpha value is -0.0400. The minimum atomic E-state index is 0.851. The molecular weight excluding hydrogens is 158 g/mol. The van der Waals surface area contributed by atoms with Gasteiger partial charge in [0.2, 0.25) is 0 Å². The molecule has 2 fully saturated rings. The summed E-state index contributed by atoms with van der Waals surface area (Å²) >= 11 is 0. The molecule has 76 valence electrons. The fourth-order valence-electron chi connectivity index (χ4n) is 2.73. The van der Waals surface area contributed by atoms with Crippen LogP contribution in [0.3, 0.4) is 0 Å². The van der Waals surface area contributed by atoms with Crippen LogP contribution in [0.2, 0.25) is 0 Å². The molecule has 1 saturated carbocycles. The van der Waals surface area contributed by atoms with Gasteiger partial charge in [-0.1, -0.05) is 13.3 Å². The maximum atomic E-state index is 2.73. The summed E-state index contributed by atoms with van der Waals surface area (Å²) in [5.74, 6) is 2.02. The average molecular weight is 181 g/mol. The van der Waals surface area contributed by atoms with E-state index >= 15 is 0 Å². The van der Waals surface area contributed by atoms with Gasteiger partial charge in [0.1, 0.15) is 0 Å². The fourth-order valence-corrected chi connectivity index (χ4v) is 2.73. The molecule has 0 spiro atoms. The zero-order chi connectivity index (χ0) is 9.26. The molecular formula is C12H23N. The first-order valence-electron chi connectivity index (χ1n) is 5.99. The van der Waals surface area contributed by atoms with Crippen LogP contribution in [0.15, 0.2) is 0 Å². The van der Waals surface area contributed by atoms with Crippen molar-refractivity contribution in [1.82, 2.24) is 4.90 Å². The van der Waals surface area contributed by atoms with Gasteiger partial charge in [-0.05, 0) is 51.0 Å². The molecule has 0 aromatic carbocycles. The molecule has 1 nitrogen and oxygen atoms in total. The lowest BCUT2D eigenvalue weighted by molar-refractivity contribution is 0.0892. The van der Waals surface area contributed by atoms with Gasteiger partial charge in [0.05, 0.1) is 0 Å². The van der Waals surface area contributed by atoms with Crippen molar-refractivity contribution in [3.8, 4) is 0 Å². The van der Waals surface area contributed by atoms with Crippen molar-refractivity contribution in [3.63, 3.8) is 0 Å². The fraction of sp³-hybridized carbons (Fsp3) is 1.00. The molecule has 0 bridgehead atoms. The lowest BCUT2D eigenvalue weighted by atomic mass is 9.83. The second kappa shape index (κ2) is 4.00. The lowest BCUT2D eigenvalue weighted by Gasteiger charge is -2.40. The monoisotopic (exact) mass is 181 g/mol. The van der Waals surface area contributed by atoms with Crippen molar-refractivity contribution in [2.24, 2.45) is 11.8 Å². The van der Waals surface area contributed by atoms with Crippen molar-refractivity contribution in [2.45, 2.75) is 52.0 Å². The Labute approximate surface area is 82.5 Å². The van der Waals surface area contributed by atoms with E-state index in [1.807, 2.05) is 0 Å². The lowest BCUT2D eigenvalue weighted by Crippen LogP contribution is -2.43. The highest BCUT2D eigenvalue weighted by molar-refractivity contribution is 4.81. The number of piperidine rings is 1. The normalized spacial score (nSPS) is 37.4. The summed E-state index contributed by atoms with van der Waals surface area (Å²) in [5, 5.41) is 0. The van der Waals surface area contributed by atoms with Gasteiger partial charge < -0.3 is 4.90 Å². The average Bonchev–Trinajstić information content (AvgIpc) is 1.99. The highest BCUT2D eigenvalue weighted by atomic mass is 15.2. The molecule has 1 heterocycles. The molecule has 1 saturated heterocycles. The van der Waals surface area contributed by atoms with Gasteiger partial charge in [0.25, 0.3) is 0 Å². The SMILES string of the molecule is C[C@H]1CCN(CC2CCC2)[C@@H](C)C1. The van der Waals surface area contributed by atoms with Gasteiger partial charge in [-0.25, -0.2) is 0 Å². The smallest absolute Gasteiger partial charge is 0.00695 e. The molecule has 0 aromatic rings. The Kier molecular flexibility index (Phi) is 2.92. The molecule has 2 aliphatic rings. The zero-order valence-electron chi connectivity index (χ0n) is 9.13. The summed E-state index contributed by atoms with van der Waals surface area (Å²) in [4.78, 5) is 2.73. The number of nitrogens with zero attached hydrogens (tertiary/aromatic N) is 1. The van der Waals surface area contributed by atoms with E-state index in [-0.39, 0.29) is 0 Å². The van der Waals surface area contributed by atoms with Crippen molar-refractivity contribution in [2.75, 3.05) is 13.1 Å². The van der Waals surface area contributed by atoms with E-state index in [0.717, 1.165) is 17.9 Å². The summed E-state index contributed by atoms with van der Waals surface area (Å²) in [6.07, 6.45) is 7.34. The van der Waals surface area contributed by atoms with Crippen LogP contribution in [0, 0.1) is 11.8 Å². The topological polar surface area (TPSA) is 3.24 Å². The maximum absolute atomic E-state index is 2.73. The Morgan fingerprint density at radius 1 is 1.15 bits per heavy atom. The van der Waals surface area contributed by atoms with Crippen LogP contribution in [0.4, 0.5) is 0 Å². The Bertz CT molecular complexity index is 163. The van der Waals surface area contributed by atoms with Crippen molar-refractivity contribution >= 4 is 0 Å². The van der Waals surface area contributed by atoms with Gasteiger partial charge in [-0.15, -0.1) is 0 Å². The predicted octanol–water partition coefficient (Wildman–Crippen LogP) is 2.91. The molecule has 1 heteroatoms. The molecule has 0 N–H and O–H groups in total. The summed E-state index contributed by atoms with van der Waals surface area (Å²) in [7, 11) is 0. The van der Waals surface area contributed by atoms with Gasteiger partial charge in [0.15, 0.2) is 0 Å². The van der Waals surface area contributed by atoms with Gasteiger partial charge in [-0.3, -0.25) is 0 Å². The first-order valence-corrected chi connectivity index (χ1v) is 5.99. The van der Waals surface area contributed by atoms with E-state index in [0.29, 0.717) is 0 Å². The van der Waals surface area contributed by atoms with E-state index in [1.54, 1.807) is 0 Å². The first kappa shape index (κ1) is 9.51. The van der Waals surface area contributed by atoms with Gasteiger partial charge in [0, 0.05) is 12.6 Å². The van der Waals surface area contributed by atoms with E-state index in [2.05, 4.69) is 18.7 Å². The summed E-state index contributed by atoms with van der Waals surface area (Å²) in [6.45, 7) is 7.57. The van der Waals surface area contributed by atoms with Crippen LogP contribution in [-0.2, 0) is 0 Å². The molecule has 2 rings (SSSR count). The zero-order valence-corrected chi connectivity index (χ0v) is 9.13. The van der Waals surface area contributed by atoms with E-state index in [4.69, 9.17) is 0 Å². The summed E-state index contributed by atoms with van der Waals surface area (Å²) in [5.41, 5.74) is 0. The minimum absolute atomic E-state index is 0.851. The van der Waals surface area contributed by atoms with Crippen LogP contribution in [0.5, 0.6) is 0 Å². The van der Waals surface area contributed by atoms with Crippen LogP contribution in [0.25, 0.3) is 0 Å². The summed E-state index contributed by atoms with van der Waals surface area (Å²) < 4.78 is 0. The van der Waals surface area contributed by atoms with Crippen LogP contribution >= 0.6 is 0 Å². The number of hydrogen-bond acceptors (Lipinski definition) is 1. The Balaban J connectivity index is 1.77. The number of hydrogen-bond donors (Lipinski definition) is 0. The second-order valence-electron chi connectivity index (χ2n) is 5.27. The molecule has 0 radical (unpaired) electrons. The van der Waals surface area contributed by atoms with Crippen molar-refractivity contribution in [3.05, 3.63) is 0 Å². The standard InChI is InChI=1S/C12H23N/c1-10-6-7-13(11(2)8-10)9-12-4-3-5-12/h10-12H,3-9H2,1-2H3/t10-,11-/m0/s1. The van der Waals surface area contributed by atoms with E-state index < -0.39 is 0 Å². The van der Waals surface area contributed by atoms with E-state index in [9.17, 15) is 0 Å². The summed E-state index contributed by atoms with van der Waals surface area (Å²) in [6, 6.07) is 0.851. The van der Waals surface area contributed by atoms with E-state index in [1.165, 1.54) is 45.2 Å².